The standard InChI is InChI=1S/C30H31F4N9O3/c1-45-23-4-2-3-22-26(23)39-28(27(33)34)43(22)29-37-24(16-25(38-29)42-11-13-46-14-12-42)41-9-7-20(8-10-41)36-30(44)40-35-17-18-5-6-19(31)15-21(18)32/h2-6,15-17,20,27H,7-14H2,1H3,(H2,36,40,44)/b35-17+. The molecule has 2 fully saturated rings. The number of nitrogens with zero attached hydrogens (tertiary/aromatic N) is 7. The highest BCUT2D eigenvalue weighted by atomic mass is 19.3. The van der Waals surface area contributed by atoms with Crippen molar-refractivity contribution in [2.24, 2.45) is 5.10 Å². The van der Waals surface area contributed by atoms with E-state index in [0.717, 1.165) is 18.3 Å². The summed E-state index contributed by atoms with van der Waals surface area (Å²) in [5.74, 6) is -0.475. The number of carbonyl (C=O) groups excluding carboxylic acids is 1. The monoisotopic (exact) mass is 641 g/mol. The number of para-hydroxylation sites is 1. The fraction of sp³-hybridized carbons (Fsp3) is 0.367. The first-order valence-electron chi connectivity index (χ1n) is 14.7. The van der Waals surface area contributed by atoms with Crippen LogP contribution in [0.15, 0.2) is 47.6 Å². The average Bonchev–Trinajstić information content (AvgIpc) is 3.47. The van der Waals surface area contributed by atoms with E-state index in [1.54, 1.807) is 18.2 Å². The maximum atomic E-state index is 14.3. The van der Waals surface area contributed by atoms with Crippen LogP contribution in [-0.4, -0.2) is 84.3 Å². The SMILES string of the molecule is COc1cccc2c1nc(C(F)F)n2-c1nc(N2CCOCC2)cc(N2CCC(NC(=O)N/N=C/c3ccc(F)cc3F)CC2)n1. The van der Waals surface area contributed by atoms with Crippen molar-refractivity contribution in [2.45, 2.75) is 25.3 Å². The molecule has 2 aliphatic heterocycles. The van der Waals surface area contributed by atoms with Crippen LogP contribution in [0.2, 0.25) is 0 Å². The normalized spacial score (nSPS) is 16.0. The number of piperidine rings is 1. The first kappa shape index (κ1) is 31.0. The number of benzene rings is 2. The average molecular weight is 642 g/mol. The Kier molecular flexibility index (Phi) is 9.14. The number of anilines is 2. The molecule has 16 heteroatoms. The lowest BCUT2D eigenvalue weighted by Gasteiger charge is -2.34. The molecular formula is C30H31F4N9O3. The Bertz CT molecular complexity index is 1740. The molecule has 4 heterocycles. The zero-order valence-corrected chi connectivity index (χ0v) is 24.8. The van der Waals surface area contributed by atoms with Gasteiger partial charge in [-0.2, -0.15) is 15.1 Å². The molecule has 46 heavy (non-hydrogen) atoms. The van der Waals surface area contributed by atoms with Crippen LogP contribution in [-0.2, 0) is 4.74 Å². The molecule has 2 aromatic carbocycles. The van der Waals surface area contributed by atoms with E-state index in [1.807, 2.05) is 15.9 Å². The van der Waals surface area contributed by atoms with Gasteiger partial charge in [-0.15, -0.1) is 0 Å². The number of fused-ring (bicyclic) bond motifs is 1. The second kappa shape index (κ2) is 13.6. The number of methoxy groups -OCH3 is 1. The lowest BCUT2D eigenvalue weighted by atomic mass is 10.1. The fourth-order valence-electron chi connectivity index (χ4n) is 5.48. The smallest absolute Gasteiger partial charge is 0.335 e. The van der Waals surface area contributed by atoms with Crippen molar-refractivity contribution in [1.82, 2.24) is 30.3 Å². The van der Waals surface area contributed by atoms with Gasteiger partial charge < -0.3 is 24.6 Å². The predicted octanol–water partition coefficient (Wildman–Crippen LogP) is 4.18. The number of nitrogens with one attached hydrogen (secondary N) is 2. The van der Waals surface area contributed by atoms with Crippen LogP contribution in [0.25, 0.3) is 17.0 Å². The number of hydrazone groups is 1. The fourth-order valence-corrected chi connectivity index (χ4v) is 5.48. The van der Waals surface area contributed by atoms with Gasteiger partial charge in [-0.1, -0.05) is 6.07 Å². The van der Waals surface area contributed by atoms with Crippen molar-refractivity contribution in [2.75, 3.05) is 56.3 Å². The summed E-state index contributed by atoms with van der Waals surface area (Å²) in [6, 6.07) is 9.13. The van der Waals surface area contributed by atoms with Gasteiger partial charge in [-0.3, -0.25) is 4.57 Å². The molecule has 2 amide bonds. The molecule has 0 saturated carbocycles. The van der Waals surface area contributed by atoms with Crippen LogP contribution in [0, 0.1) is 11.6 Å². The van der Waals surface area contributed by atoms with Crippen LogP contribution >= 0.6 is 0 Å². The van der Waals surface area contributed by atoms with Gasteiger partial charge in [0, 0.05) is 49.9 Å². The summed E-state index contributed by atoms with van der Waals surface area (Å²) in [7, 11) is 1.45. The highest BCUT2D eigenvalue weighted by Crippen LogP contribution is 2.33. The number of halogens is 4. The first-order valence-corrected chi connectivity index (χ1v) is 14.7. The molecule has 0 aliphatic carbocycles. The first-order chi connectivity index (χ1) is 22.3. The molecule has 2 N–H and O–H groups in total. The summed E-state index contributed by atoms with van der Waals surface area (Å²) < 4.78 is 67.7. The Hall–Kier alpha value is -4.99. The number of hydrogen-bond donors (Lipinski definition) is 2. The Balaban J connectivity index is 1.21. The third kappa shape index (κ3) is 6.66. The van der Waals surface area contributed by atoms with Crippen molar-refractivity contribution in [3.05, 3.63) is 65.5 Å². The highest BCUT2D eigenvalue weighted by Gasteiger charge is 2.27. The van der Waals surface area contributed by atoms with Gasteiger partial charge in [-0.05, 0) is 37.1 Å². The summed E-state index contributed by atoms with van der Waals surface area (Å²) in [5.41, 5.74) is 2.99. The molecule has 6 rings (SSSR count). The summed E-state index contributed by atoms with van der Waals surface area (Å²) in [5, 5.41) is 6.58. The molecule has 2 saturated heterocycles. The quantitative estimate of drug-likeness (QED) is 0.167. The van der Waals surface area contributed by atoms with E-state index >= 15 is 0 Å². The summed E-state index contributed by atoms with van der Waals surface area (Å²) in [6.45, 7) is 3.18. The van der Waals surface area contributed by atoms with E-state index in [4.69, 9.17) is 19.4 Å². The van der Waals surface area contributed by atoms with Gasteiger partial charge in [0.15, 0.2) is 5.82 Å². The summed E-state index contributed by atoms with van der Waals surface area (Å²) >= 11 is 0. The van der Waals surface area contributed by atoms with E-state index in [0.29, 0.717) is 75.1 Å². The molecule has 0 atom stereocenters. The van der Waals surface area contributed by atoms with Gasteiger partial charge >= 0.3 is 6.03 Å². The number of morpholine rings is 1. The molecule has 4 aromatic rings. The maximum Gasteiger partial charge on any atom is 0.335 e. The zero-order chi connectivity index (χ0) is 32.2. The second-order valence-corrected chi connectivity index (χ2v) is 10.7. The van der Waals surface area contributed by atoms with Crippen LogP contribution in [0.3, 0.4) is 0 Å². The Morgan fingerprint density at radius 3 is 2.41 bits per heavy atom. The number of amides is 2. The van der Waals surface area contributed by atoms with Crippen molar-refractivity contribution in [3.63, 3.8) is 0 Å². The number of imidazole rings is 1. The minimum Gasteiger partial charge on any atom is -0.494 e. The number of hydrogen-bond acceptors (Lipinski definition) is 9. The number of aromatic nitrogens is 4. The Morgan fingerprint density at radius 1 is 1.02 bits per heavy atom. The largest absolute Gasteiger partial charge is 0.494 e. The van der Waals surface area contributed by atoms with E-state index in [2.05, 4.69) is 20.8 Å². The number of urea groups is 1. The minimum atomic E-state index is -2.90. The van der Waals surface area contributed by atoms with Gasteiger partial charge in [-0.25, -0.2) is 32.8 Å². The molecule has 12 nitrogen and oxygen atoms in total. The van der Waals surface area contributed by atoms with Crippen LogP contribution < -0.4 is 25.3 Å². The topological polar surface area (TPSA) is 122 Å². The van der Waals surface area contributed by atoms with Gasteiger partial charge in [0.1, 0.15) is 34.5 Å². The lowest BCUT2D eigenvalue weighted by Crippen LogP contribution is -2.47. The minimum absolute atomic E-state index is 0.0270. The molecule has 0 unspecified atom stereocenters. The molecule has 2 aromatic heterocycles. The molecule has 0 radical (unpaired) electrons. The molecule has 242 valence electrons. The number of alkyl halides is 2. The maximum absolute atomic E-state index is 14.3. The van der Waals surface area contributed by atoms with Crippen LogP contribution in [0.4, 0.5) is 34.0 Å². The number of ether oxygens (including phenoxy) is 2. The number of carbonyl (C=O) groups is 1. The number of rotatable bonds is 8. The van der Waals surface area contributed by atoms with Crippen molar-refractivity contribution >= 4 is 34.9 Å². The second-order valence-electron chi connectivity index (χ2n) is 10.7. The van der Waals surface area contributed by atoms with Gasteiger partial charge in [0.2, 0.25) is 5.95 Å². The summed E-state index contributed by atoms with van der Waals surface area (Å²) in [6.07, 6.45) is -0.690. The summed E-state index contributed by atoms with van der Waals surface area (Å²) in [4.78, 5) is 30.1. The van der Waals surface area contributed by atoms with Gasteiger partial charge in [0.25, 0.3) is 6.43 Å². The third-order valence-electron chi connectivity index (χ3n) is 7.80. The van der Waals surface area contributed by atoms with E-state index in [-0.39, 0.29) is 23.1 Å². The molecule has 2 aliphatic rings. The van der Waals surface area contributed by atoms with Gasteiger partial charge in [0.05, 0.1) is 32.1 Å². The van der Waals surface area contributed by atoms with E-state index < -0.39 is 29.9 Å². The third-order valence-corrected chi connectivity index (χ3v) is 7.80. The molecular weight excluding hydrogens is 610 g/mol. The molecule has 0 bridgehead atoms. The van der Waals surface area contributed by atoms with Crippen LogP contribution in [0.1, 0.15) is 30.7 Å². The van der Waals surface area contributed by atoms with Crippen molar-refractivity contribution in [3.8, 4) is 11.7 Å². The van der Waals surface area contributed by atoms with Crippen molar-refractivity contribution < 1.29 is 31.8 Å². The predicted molar refractivity (Wildman–Crippen MR) is 162 cm³/mol. The Labute approximate surface area is 261 Å². The molecule has 0 spiro atoms. The highest BCUT2D eigenvalue weighted by molar-refractivity contribution is 5.84. The lowest BCUT2D eigenvalue weighted by molar-refractivity contribution is 0.122. The Morgan fingerprint density at radius 2 is 1.74 bits per heavy atom. The van der Waals surface area contributed by atoms with E-state index in [1.165, 1.54) is 17.7 Å². The van der Waals surface area contributed by atoms with Crippen molar-refractivity contribution in [1.29, 1.82) is 0 Å². The van der Waals surface area contributed by atoms with Crippen LogP contribution in [0.5, 0.6) is 5.75 Å². The van der Waals surface area contributed by atoms with E-state index in [9.17, 15) is 22.4 Å². The zero-order valence-electron chi connectivity index (χ0n) is 24.8.